The SMILES string of the molecule is C=CCSc1nc(C)c(Cc2ccccc2F)c(=O)n1C. The highest BCUT2D eigenvalue weighted by Crippen LogP contribution is 2.17. The summed E-state index contributed by atoms with van der Waals surface area (Å²) >= 11 is 1.45. The highest BCUT2D eigenvalue weighted by molar-refractivity contribution is 7.99. The van der Waals surface area contributed by atoms with Gasteiger partial charge in [-0.3, -0.25) is 9.36 Å². The highest BCUT2D eigenvalue weighted by Gasteiger charge is 2.14. The minimum absolute atomic E-state index is 0.127. The molecule has 5 heteroatoms. The predicted molar refractivity (Wildman–Crippen MR) is 84.3 cm³/mol. The molecule has 0 atom stereocenters. The molecule has 0 aliphatic heterocycles. The molecular formula is C16H17FN2OS. The molecule has 2 rings (SSSR count). The Morgan fingerprint density at radius 1 is 1.43 bits per heavy atom. The number of benzene rings is 1. The van der Waals surface area contributed by atoms with E-state index in [1.54, 1.807) is 38.2 Å². The lowest BCUT2D eigenvalue weighted by Gasteiger charge is -2.11. The molecule has 0 saturated heterocycles. The van der Waals surface area contributed by atoms with Gasteiger partial charge >= 0.3 is 0 Å². The third-order valence-corrected chi connectivity index (χ3v) is 4.23. The van der Waals surface area contributed by atoms with E-state index in [0.717, 1.165) is 0 Å². The van der Waals surface area contributed by atoms with Gasteiger partial charge in [-0.05, 0) is 18.6 Å². The molecule has 1 heterocycles. The lowest BCUT2D eigenvalue weighted by atomic mass is 10.0. The maximum Gasteiger partial charge on any atom is 0.257 e. The molecule has 0 N–H and O–H groups in total. The molecule has 3 nitrogen and oxygen atoms in total. The Kier molecular flexibility index (Phi) is 4.96. The van der Waals surface area contributed by atoms with Crippen molar-refractivity contribution < 1.29 is 4.39 Å². The van der Waals surface area contributed by atoms with Crippen molar-refractivity contribution >= 4 is 11.8 Å². The summed E-state index contributed by atoms with van der Waals surface area (Å²) in [5.41, 5.74) is 1.56. The minimum atomic E-state index is -0.302. The maximum atomic E-state index is 13.7. The number of hydrogen-bond donors (Lipinski definition) is 0. The lowest BCUT2D eigenvalue weighted by Crippen LogP contribution is -2.26. The Morgan fingerprint density at radius 2 is 2.14 bits per heavy atom. The number of halogens is 1. The van der Waals surface area contributed by atoms with Crippen molar-refractivity contribution in [2.24, 2.45) is 7.05 Å². The van der Waals surface area contributed by atoms with E-state index in [1.165, 1.54) is 22.4 Å². The first kappa shape index (κ1) is 15.5. The van der Waals surface area contributed by atoms with Gasteiger partial charge in [-0.25, -0.2) is 9.37 Å². The predicted octanol–water partition coefficient (Wildman–Crippen LogP) is 3.10. The summed E-state index contributed by atoms with van der Waals surface area (Å²) in [6, 6.07) is 6.49. The zero-order valence-corrected chi connectivity index (χ0v) is 12.9. The van der Waals surface area contributed by atoms with Crippen LogP contribution in [0.4, 0.5) is 4.39 Å². The molecule has 0 aliphatic carbocycles. The third-order valence-electron chi connectivity index (χ3n) is 3.21. The van der Waals surface area contributed by atoms with E-state index in [1.807, 2.05) is 0 Å². The summed E-state index contributed by atoms with van der Waals surface area (Å²) in [6.07, 6.45) is 2.02. The summed E-state index contributed by atoms with van der Waals surface area (Å²) < 4.78 is 15.3. The normalized spacial score (nSPS) is 10.6. The van der Waals surface area contributed by atoms with E-state index in [2.05, 4.69) is 11.6 Å². The van der Waals surface area contributed by atoms with Gasteiger partial charge in [-0.15, -0.1) is 6.58 Å². The molecule has 0 radical (unpaired) electrons. The molecule has 110 valence electrons. The van der Waals surface area contributed by atoms with Crippen molar-refractivity contribution in [3.8, 4) is 0 Å². The third kappa shape index (κ3) is 3.42. The highest BCUT2D eigenvalue weighted by atomic mass is 32.2. The summed E-state index contributed by atoms with van der Waals surface area (Å²) in [7, 11) is 1.69. The molecule has 0 saturated carbocycles. The van der Waals surface area contributed by atoms with Crippen LogP contribution in [-0.2, 0) is 13.5 Å². The maximum absolute atomic E-state index is 13.7. The van der Waals surface area contributed by atoms with E-state index in [4.69, 9.17) is 0 Å². The smallest absolute Gasteiger partial charge is 0.257 e. The molecule has 0 amide bonds. The number of aryl methyl sites for hydroxylation is 1. The molecule has 21 heavy (non-hydrogen) atoms. The minimum Gasteiger partial charge on any atom is -0.291 e. The Labute approximate surface area is 127 Å². The van der Waals surface area contributed by atoms with Crippen molar-refractivity contribution in [1.82, 2.24) is 9.55 Å². The standard InChI is InChI=1S/C16H17FN2OS/c1-4-9-21-16-18-11(2)13(15(20)19(16)3)10-12-7-5-6-8-14(12)17/h4-8H,1,9-10H2,2-3H3. The Morgan fingerprint density at radius 3 is 2.81 bits per heavy atom. The van der Waals surface area contributed by atoms with Gasteiger partial charge in [0.1, 0.15) is 5.82 Å². The van der Waals surface area contributed by atoms with E-state index < -0.39 is 0 Å². The van der Waals surface area contributed by atoms with Crippen LogP contribution >= 0.6 is 11.8 Å². The first-order chi connectivity index (χ1) is 10.0. The fraction of sp³-hybridized carbons (Fsp3) is 0.250. The second-order valence-corrected chi connectivity index (χ2v) is 5.68. The van der Waals surface area contributed by atoms with Crippen molar-refractivity contribution in [3.05, 3.63) is 69.9 Å². The molecule has 0 aliphatic rings. The summed E-state index contributed by atoms with van der Waals surface area (Å²) in [6.45, 7) is 5.44. The lowest BCUT2D eigenvalue weighted by molar-refractivity contribution is 0.611. The Balaban J connectivity index is 2.42. The largest absolute Gasteiger partial charge is 0.291 e. The Hall–Kier alpha value is -1.88. The van der Waals surface area contributed by atoms with Crippen LogP contribution in [-0.4, -0.2) is 15.3 Å². The van der Waals surface area contributed by atoms with E-state index >= 15 is 0 Å². The zero-order chi connectivity index (χ0) is 15.4. The van der Waals surface area contributed by atoms with Gasteiger partial charge in [0.15, 0.2) is 5.16 Å². The van der Waals surface area contributed by atoms with Crippen LogP contribution in [0.15, 0.2) is 46.9 Å². The second kappa shape index (κ2) is 6.72. The van der Waals surface area contributed by atoms with Gasteiger partial charge in [-0.2, -0.15) is 0 Å². The van der Waals surface area contributed by atoms with E-state index in [-0.39, 0.29) is 17.8 Å². The van der Waals surface area contributed by atoms with Crippen molar-refractivity contribution in [1.29, 1.82) is 0 Å². The quantitative estimate of drug-likeness (QED) is 0.484. The molecule has 0 bridgehead atoms. The van der Waals surface area contributed by atoms with Gasteiger partial charge in [0.05, 0.1) is 0 Å². The van der Waals surface area contributed by atoms with E-state index in [9.17, 15) is 9.18 Å². The van der Waals surface area contributed by atoms with Crippen LogP contribution in [0, 0.1) is 12.7 Å². The molecule has 0 fully saturated rings. The first-order valence-electron chi connectivity index (χ1n) is 6.58. The van der Waals surface area contributed by atoms with Crippen molar-refractivity contribution in [3.63, 3.8) is 0 Å². The number of nitrogens with zero attached hydrogens (tertiary/aromatic N) is 2. The molecule has 0 unspecified atom stereocenters. The van der Waals surface area contributed by atoms with Gasteiger partial charge in [-0.1, -0.05) is 36.0 Å². The van der Waals surface area contributed by atoms with Crippen LogP contribution in [0.25, 0.3) is 0 Å². The topological polar surface area (TPSA) is 34.9 Å². The fourth-order valence-electron chi connectivity index (χ4n) is 2.03. The summed E-state index contributed by atoms with van der Waals surface area (Å²) in [5, 5.41) is 0.648. The van der Waals surface area contributed by atoms with Gasteiger partial charge in [0, 0.05) is 30.5 Å². The molecule has 0 spiro atoms. The molecular weight excluding hydrogens is 287 g/mol. The van der Waals surface area contributed by atoms with Gasteiger partial charge < -0.3 is 0 Å². The van der Waals surface area contributed by atoms with E-state index in [0.29, 0.717) is 27.7 Å². The zero-order valence-electron chi connectivity index (χ0n) is 12.1. The van der Waals surface area contributed by atoms with Gasteiger partial charge in [0.25, 0.3) is 5.56 Å². The monoisotopic (exact) mass is 304 g/mol. The molecule has 1 aromatic carbocycles. The van der Waals surface area contributed by atoms with Crippen LogP contribution in [0.1, 0.15) is 16.8 Å². The fourth-order valence-corrected chi connectivity index (χ4v) is 2.77. The summed E-state index contributed by atoms with van der Waals surface area (Å²) in [5.74, 6) is 0.385. The average Bonchev–Trinajstić information content (AvgIpc) is 2.47. The van der Waals surface area contributed by atoms with Crippen LogP contribution < -0.4 is 5.56 Å². The summed E-state index contributed by atoms with van der Waals surface area (Å²) in [4.78, 5) is 16.9. The van der Waals surface area contributed by atoms with Crippen LogP contribution in [0.5, 0.6) is 0 Å². The van der Waals surface area contributed by atoms with Gasteiger partial charge in [0.2, 0.25) is 0 Å². The first-order valence-corrected chi connectivity index (χ1v) is 7.56. The number of thioether (sulfide) groups is 1. The molecule has 2 aromatic rings. The number of hydrogen-bond acceptors (Lipinski definition) is 3. The number of rotatable bonds is 5. The van der Waals surface area contributed by atoms with Crippen LogP contribution in [0.3, 0.4) is 0 Å². The second-order valence-electron chi connectivity index (χ2n) is 4.69. The Bertz CT molecular complexity index is 725. The molecule has 1 aromatic heterocycles. The number of aromatic nitrogens is 2. The van der Waals surface area contributed by atoms with Crippen molar-refractivity contribution in [2.45, 2.75) is 18.5 Å². The van der Waals surface area contributed by atoms with Crippen LogP contribution in [0.2, 0.25) is 0 Å². The average molecular weight is 304 g/mol. The van der Waals surface area contributed by atoms with Crippen molar-refractivity contribution in [2.75, 3.05) is 5.75 Å².